The summed E-state index contributed by atoms with van der Waals surface area (Å²) < 4.78 is 0. The lowest BCUT2D eigenvalue weighted by molar-refractivity contribution is -0.136. The number of hydrogen-bond acceptors (Lipinski definition) is 9. The topological polar surface area (TPSA) is 157 Å². The van der Waals surface area contributed by atoms with Gasteiger partial charge in [-0.3, -0.25) is 19.3 Å². The van der Waals surface area contributed by atoms with Crippen LogP contribution in [0.3, 0.4) is 0 Å². The summed E-state index contributed by atoms with van der Waals surface area (Å²) in [4.78, 5) is 47.2. The number of rotatable bonds is 4. The molecule has 5 rings (SSSR count). The van der Waals surface area contributed by atoms with Crippen LogP contribution in [0, 0.1) is 17.8 Å². The van der Waals surface area contributed by atoms with Crippen LogP contribution in [0.4, 0.5) is 5.82 Å². The van der Waals surface area contributed by atoms with E-state index in [9.17, 15) is 29.7 Å². The minimum Gasteiger partial charge on any atom is -0.510 e. The molecule has 1 amide bonds. The molecule has 0 saturated heterocycles. The second-order valence-corrected chi connectivity index (χ2v) is 10.6. The number of carbonyl (C=O) groups excluding carboxylic acids is 3. The van der Waals surface area contributed by atoms with Gasteiger partial charge in [-0.15, -0.1) is 0 Å². The maximum atomic E-state index is 13.8. The molecular formula is C28H30N4O6. The Balaban J connectivity index is 1.65. The van der Waals surface area contributed by atoms with Gasteiger partial charge in [0, 0.05) is 31.4 Å². The predicted octanol–water partition coefficient (Wildman–Crippen LogP) is 1.98. The number of nitrogens with zero attached hydrogens (tertiary/aromatic N) is 3. The zero-order valence-corrected chi connectivity index (χ0v) is 21.6. The number of primary amides is 1. The Hall–Kier alpha value is -4.18. The Bertz CT molecular complexity index is 1440. The van der Waals surface area contributed by atoms with Crippen molar-refractivity contribution in [2.45, 2.75) is 18.9 Å². The molecule has 1 saturated carbocycles. The summed E-state index contributed by atoms with van der Waals surface area (Å²) in [5.41, 5.74) is 7.26. The molecule has 0 spiro atoms. The number of aromatic nitrogens is 1. The molecule has 0 bridgehead atoms. The largest absolute Gasteiger partial charge is 0.510 e. The molecule has 3 aliphatic carbocycles. The van der Waals surface area contributed by atoms with Crippen molar-refractivity contribution in [2.24, 2.45) is 23.5 Å². The molecule has 1 fully saturated rings. The maximum absolute atomic E-state index is 13.8. The van der Waals surface area contributed by atoms with Crippen molar-refractivity contribution in [3.63, 3.8) is 0 Å². The lowest BCUT2D eigenvalue weighted by atomic mass is 9.59. The van der Waals surface area contributed by atoms with E-state index in [0.717, 1.165) is 16.9 Å². The lowest BCUT2D eigenvalue weighted by Gasteiger charge is -2.46. The van der Waals surface area contributed by atoms with Gasteiger partial charge >= 0.3 is 0 Å². The second-order valence-electron chi connectivity index (χ2n) is 10.6. The zero-order valence-electron chi connectivity index (χ0n) is 21.6. The number of anilines is 1. The highest BCUT2D eigenvalue weighted by Crippen LogP contribution is 2.51. The highest BCUT2D eigenvalue weighted by molar-refractivity contribution is 6.28. The van der Waals surface area contributed by atoms with Gasteiger partial charge in [0.05, 0.1) is 17.5 Å². The van der Waals surface area contributed by atoms with E-state index in [1.165, 1.54) is 6.07 Å². The van der Waals surface area contributed by atoms with E-state index in [0.29, 0.717) is 18.4 Å². The number of aliphatic hydroxyl groups excluding tert-OH is 2. The van der Waals surface area contributed by atoms with Crippen LogP contribution in [0.5, 0.6) is 5.75 Å². The molecule has 3 aliphatic rings. The molecule has 10 heteroatoms. The van der Waals surface area contributed by atoms with Crippen molar-refractivity contribution in [3.8, 4) is 16.9 Å². The SMILES string of the molecule is CN(C)c1ccc(-c2ccc(O)c3c2CC2CC4C(C(=O)C(C(N)=O)=C(O)C4N(C)C)C(=O)C2=C3O)cn1. The van der Waals surface area contributed by atoms with Gasteiger partial charge in [-0.2, -0.15) is 0 Å². The van der Waals surface area contributed by atoms with Crippen LogP contribution in [-0.2, 0) is 20.8 Å². The number of phenols is 1. The Morgan fingerprint density at radius 3 is 2.32 bits per heavy atom. The molecule has 38 heavy (non-hydrogen) atoms. The van der Waals surface area contributed by atoms with Crippen LogP contribution in [0.1, 0.15) is 17.5 Å². The number of phenolic OH excluding ortho intramolecular Hbond substituents is 1. The molecule has 5 N–H and O–H groups in total. The van der Waals surface area contributed by atoms with Crippen molar-refractivity contribution in [1.82, 2.24) is 9.88 Å². The monoisotopic (exact) mass is 518 g/mol. The predicted molar refractivity (Wildman–Crippen MR) is 140 cm³/mol. The summed E-state index contributed by atoms with van der Waals surface area (Å²) in [7, 11) is 7.16. The standard InChI is InChI=1S/C28H30N4O6/c1-31(2)18-8-5-12(11-30-18)14-6-7-17(33)20-15(14)9-13-10-16-21(25(35)19(13)24(20)34)26(36)22(28(29)38)27(37)23(16)32(3)4/h5-8,11,13,16,21,23,33-34,37H,9-10H2,1-4H3,(H2,29,38). The third kappa shape index (κ3) is 3.66. The number of aliphatic hydroxyl groups is 2. The van der Waals surface area contributed by atoms with Crippen molar-refractivity contribution in [3.05, 3.63) is 58.5 Å². The fraction of sp³-hybridized carbons (Fsp3) is 0.357. The highest BCUT2D eigenvalue weighted by atomic mass is 16.3. The number of carbonyl (C=O) groups is 3. The number of allylic oxidation sites excluding steroid dienone is 1. The molecule has 198 valence electrons. The van der Waals surface area contributed by atoms with Gasteiger partial charge in [0.15, 0.2) is 11.6 Å². The number of hydrogen-bond donors (Lipinski definition) is 4. The summed E-state index contributed by atoms with van der Waals surface area (Å²) in [6.45, 7) is 0. The van der Waals surface area contributed by atoms with Crippen LogP contribution in [0.2, 0.25) is 0 Å². The number of likely N-dealkylation sites (N-methyl/N-ethyl adjacent to an activating group) is 1. The zero-order chi connectivity index (χ0) is 27.6. The van der Waals surface area contributed by atoms with Gasteiger partial charge in [-0.05, 0) is 68.1 Å². The third-order valence-electron chi connectivity index (χ3n) is 7.96. The summed E-state index contributed by atoms with van der Waals surface area (Å²) >= 11 is 0. The Labute approximate surface area is 219 Å². The summed E-state index contributed by atoms with van der Waals surface area (Å²) in [6, 6.07) is 6.21. The normalized spacial score (nSPS) is 24.8. The molecule has 0 aliphatic heterocycles. The first kappa shape index (κ1) is 25.5. The molecule has 1 aromatic carbocycles. The molecule has 4 atom stereocenters. The summed E-state index contributed by atoms with van der Waals surface area (Å²) in [5.74, 6) is -5.13. The Morgan fingerprint density at radius 1 is 1.03 bits per heavy atom. The van der Waals surface area contributed by atoms with Gasteiger partial charge in [-0.25, -0.2) is 4.98 Å². The molecule has 0 radical (unpaired) electrons. The Morgan fingerprint density at radius 2 is 1.74 bits per heavy atom. The van der Waals surface area contributed by atoms with Crippen molar-refractivity contribution < 1.29 is 29.7 Å². The van der Waals surface area contributed by atoms with E-state index in [1.807, 2.05) is 31.1 Å². The van der Waals surface area contributed by atoms with Crippen LogP contribution in [0.25, 0.3) is 16.9 Å². The molecule has 4 unspecified atom stereocenters. The first-order chi connectivity index (χ1) is 17.9. The molecule has 1 aromatic heterocycles. The van der Waals surface area contributed by atoms with E-state index in [4.69, 9.17) is 5.73 Å². The van der Waals surface area contributed by atoms with Crippen molar-refractivity contribution >= 4 is 29.1 Å². The minimum atomic E-state index is -1.27. The van der Waals surface area contributed by atoms with Gasteiger partial charge in [0.1, 0.15) is 28.7 Å². The molecule has 1 heterocycles. The van der Waals surface area contributed by atoms with Crippen LogP contribution < -0.4 is 10.6 Å². The third-order valence-corrected chi connectivity index (χ3v) is 7.96. The summed E-state index contributed by atoms with van der Waals surface area (Å²) in [6.07, 6.45) is 2.34. The number of Topliss-reactive ketones (excluding diaryl/α,β-unsaturated/α-hetero) is 2. The van der Waals surface area contributed by atoms with E-state index in [-0.39, 0.29) is 22.6 Å². The van der Waals surface area contributed by atoms with Gasteiger partial charge in [0.2, 0.25) is 0 Å². The van der Waals surface area contributed by atoms with Crippen molar-refractivity contribution in [1.29, 1.82) is 0 Å². The van der Waals surface area contributed by atoms with Crippen LogP contribution in [0.15, 0.2) is 47.4 Å². The number of fused-ring (bicyclic) bond motifs is 3. The fourth-order valence-electron chi connectivity index (χ4n) is 6.35. The maximum Gasteiger partial charge on any atom is 0.255 e. The van der Waals surface area contributed by atoms with Crippen molar-refractivity contribution in [2.75, 3.05) is 33.1 Å². The number of ketones is 2. The highest BCUT2D eigenvalue weighted by Gasteiger charge is 2.55. The number of amides is 1. The number of nitrogens with two attached hydrogens (primary N) is 1. The second kappa shape index (κ2) is 8.98. The van der Waals surface area contributed by atoms with Gasteiger partial charge < -0.3 is 26.0 Å². The average Bonchev–Trinajstić information content (AvgIpc) is 2.83. The molecular weight excluding hydrogens is 488 g/mol. The van der Waals surface area contributed by atoms with Crippen LogP contribution in [-0.4, -0.2) is 76.9 Å². The number of benzene rings is 1. The Kier molecular flexibility index (Phi) is 6.02. The number of pyridine rings is 1. The smallest absolute Gasteiger partial charge is 0.255 e. The van der Waals surface area contributed by atoms with E-state index >= 15 is 0 Å². The molecule has 10 nitrogen and oxygen atoms in total. The first-order valence-corrected chi connectivity index (χ1v) is 12.3. The number of aromatic hydroxyl groups is 1. The fourth-order valence-corrected chi connectivity index (χ4v) is 6.35. The minimum absolute atomic E-state index is 0.0587. The molecule has 2 aromatic rings. The van der Waals surface area contributed by atoms with E-state index in [2.05, 4.69) is 4.98 Å². The quantitative estimate of drug-likeness (QED) is 0.351. The van der Waals surface area contributed by atoms with Crippen LogP contribution >= 0.6 is 0 Å². The van der Waals surface area contributed by atoms with E-state index < -0.39 is 52.6 Å². The first-order valence-electron chi connectivity index (χ1n) is 12.3. The van der Waals surface area contributed by atoms with E-state index in [1.54, 1.807) is 31.3 Å². The summed E-state index contributed by atoms with van der Waals surface area (Å²) in [5, 5.41) is 33.0. The van der Waals surface area contributed by atoms with Gasteiger partial charge in [0.25, 0.3) is 5.91 Å². The average molecular weight is 519 g/mol. The lowest BCUT2D eigenvalue weighted by Crippen LogP contribution is -2.55. The van der Waals surface area contributed by atoms with Gasteiger partial charge in [-0.1, -0.05) is 6.07 Å².